The van der Waals surface area contributed by atoms with Crippen LogP contribution < -0.4 is 5.73 Å². The molecule has 0 aliphatic carbocycles. The van der Waals surface area contributed by atoms with E-state index in [2.05, 4.69) is 4.98 Å². The molecule has 3 rings (SSSR count). The van der Waals surface area contributed by atoms with E-state index in [1.807, 2.05) is 70.2 Å². The number of hydrogen-bond donors (Lipinski definition) is 1. The summed E-state index contributed by atoms with van der Waals surface area (Å²) in [7, 11) is 0. The average molecular weight is 395 g/mol. The molecule has 5 nitrogen and oxygen atoms in total. The van der Waals surface area contributed by atoms with Crippen molar-refractivity contribution in [1.82, 2.24) is 14.3 Å². The summed E-state index contributed by atoms with van der Waals surface area (Å²) in [5, 5.41) is 0. The standard InChI is InChI=1S/C19H22N4O.2ClH/c20-10-6-12-23(14-16-7-2-1-3-8-16)19(24)13-17-15-22-11-5-4-9-18(22)21-17;;/h1-5,7-9,11,15H,6,10,12-14,20H2;2*1H. The van der Waals surface area contributed by atoms with E-state index in [9.17, 15) is 4.79 Å². The maximum Gasteiger partial charge on any atom is 0.228 e. The second-order valence-corrected chi connectivity index (χ2v) is 5.82. The molecule has 2 aromatic heterocycles. The minimum atomic E-state index is 0. The van der Waals surface area contributed by atoms with Gasteiger partial charge in [0.2, 0.25) is 5.91 Å². The number of benzene rings is 1. The van der Waals surface area contributed by atoms with Crippen LogP contribution in [0.4, 0.5) is 0 Å². The summed E-state index contributed by atoms with van der Waals surface area (Å²) in [6.07, 6.45) is 4.95. The monoisotopic (exact) mass is 394 g/mol. The number of fused-ring (bicyclic) bond motifs is 1. The normalized spacial score (nSPS) is 10.0. The number of nitrogens with two attached hydrogens (primary N) is 1. The van der Waals surface area contributed by atoms with Crippen molar-refractivity contribution in [2.75, 3.05) is 13.1 Å². The Morgan fingerprint density at radius 3 is 2.50 bits per heavy atom. The Morgan fingerprint density at radius 1 is 1.08 bits per heavy atom. The van der Waals surface area contributed by atoms with Crippen LogP contribution in [0.3, 0.4) is 0 Å². The van der Waals surface area contributed by atoms with E-state index in [1.54, 1.807) is 0 Å². The molecule has 0 radical (unpaired) electrons. The number of nitrogens with zero attached hydrogens (tertiary/aromatic N) is 3. The molecular formula is C19H24Cl2N4O. The van der Waals surface area contributed by atoms with Crippen LogP contribution in [0.2, 0.25) is 0 Å². The van der Waals surface area contributed by atoms with Gasteiger partial charge in [-0.25, -0.2) is 4.98 Å². The van der Waals surface area contributed by atoms with Crippen LogP contribution >= 0.6 is 24.8 Å². The Morgan fingerprint density at radius 2 is 1.81 bits per heavy atom. The third-order valence-corrected chi connectivity index (χ3v) is 3.95. The Hall–Kier alpha value is -2.08. The SMILES string of the molecule is Cl.Cl.NCCCN(Cc1ccccc1)C(=O)Cc1cn2ccccc2n1. The molecule has 0 saturated heterocycles. The Balaban J connectivity index is 0.00000169. The third kappa shape index (κ3) is 5.73. The summed E-state index contributed by atoms with van der Waals surface area (Å²) in [5.74, 6) is 0.0794. The largest absolute Gasteiger partial charge is 0.338 e. The molecule has 3 aromatic rings. The zero-order valence-corrected chi connectivity index (χ0v) is 16.1. The van der Waals surface area contributed by atoms with Crippen LogP contribution in [-0.4, -0.2) is 33.3 Å². The summed E-state index contributed by atoms with van der Waals surface area (Å²) < 4.78 is 1.93. The Labute approximate surface area is 166 Å². The molecular weight excluding hydrogens is 371 g/mol. The van der Waals surface area contributed by atoms with Crippen LogP contribution in [0.5, 0.6) is 0 Å². The number of rotatable bonds is 7. The van der Waals surface area contributed by atoms with Crippen LogP contribution in [0.15, 0.2) is 60.9 Å². The fraction of sp³-hybridized carbons (Fsp3) is 0.263. The molecule has 0 fully saturated rings. The van der Waals surface area contributed by atoms with E-state index < -0.39 is 0 Å². The molecule has 2 N–H and O–H groups in total. The van der Waals surface area contributed by atoms with E-state index in [0.717, 1.165) is 23.3 Å². The zero-order valence-electron chi connectivity index (χ0n) is 14.5. The first kappa shape index (κ1) is 22.0. The van der Waals surface area contributed by atoms with Crippen LogP contribution in [-0.2, 0) is 17.8 Å². The van der Waals surface area contributed by atoms with Gasteiger partial charge in [0, 0.05) is 25.5 Å². The summed E-state index contributed by atoms with van der Waals surface area (Å²) >= 11 is 0. The fourth-order valence-corrected chi connectivity index (χ4v) is 2.72. The van der Waals surface area contributed by atoms with Gasteiger partial charge in [0.25, 0.3) is 0 Å². The van der Waals surface area contributed by atoms with Crippen molar-refractivity contribution in [2.24, 2.45) is 5.73 Å². The van der Waals surface area contributed by atoms with E-state index in [0.29, 0.717) is 26.1 Å². The minimum Gasteiger partial charge on any atom is -0.338 e. The van der Waals surface area contributed by atoms with Crippen molar-refractivity contribution < 1.29 is 4.79 Å². The maximum atomic E-state index is 12.7. The van der Waals surface area contributed by atoms with Crippen molar-refractivity contribution >= 4 is 36.4 Å². The number of halogens is 2. The third-order valence-electron chi connectivity index (χ3n) is 3.95. The van der Waals surface area contributed by atoms with Gasteiger partial charge in [-0.15, -0.1) is 24.8 Å². The lowest BCUT2D eigenvalue weighted by Gasteiger charge is -2.22. The first-order valence-corrected chi connectivity index (χ1v) is 8.20. The predicted molar refractivity (Wildman–Crippen MR) is 109 cm³/mol. The zero-order chi connectivity index (χ0) is 16.8. The Kier molecular flexibility index (Phi) is 9.13. The van der Waals surface area contributed by atoms with E-state index in [1.165, 1.54) is 0 Å². The molecule has 1 amide bonds. The van der Waals surface area contributed by atoms with Crippen molar-refractivity contribution in [2.45, 2.75) is 19.4 Å². The van der Waals surface area contributed by atoms with Crippen molar-refractivity contribution in [1.29, 1.82) is 0 Å². The van der Waals surface area contributed by atoms with E-state index in [4.69, 9.17) is 5.73 Å². The Bertz CT molecular complexity index is 774. The number of pyridine rings is 1. The number of aromatic nitrogens is 2. The number of carbonyl (C=O) groups is 1. The fourth-order valence-electron chi connectivity index (χ4n) is 2.72. The molecule has 0 unspecified atom stereocenters. The summed E-state index contributed by atoms with van der Waals surface area (Å²) in [6.45, 7) is 1.84. The smallest absolute Gasteiger partial charge is 0.228 e. The molecule has 0 atom stereocenters. The van der Waals surface area contributed by atoms with Crippen LogP contribution in [0.25, 0.3) is 5.65 Å². The predicted octanol–water partition coefficient (Wildman–Crippen LogP) is 3.10. The topological polar surface area (TPSA) is 63.6 Å². The second-order valence-electron chi connectivity index (χ2n) is 5.82. The molecule has 0 aliphatic heterocycles. The van der Waals surface area contributed by atoms with Gasteiger partial charge in [0.05, 0.1) is 12.1 Å². The van der Waals surface area contributed by atoms with Gasteiger partial charge in [-0.05, 0) is 30.7 Å². The quantitative estimate of drug-likeness (QED) is 0.669. The van der Waals surface area contributed by atoms with Gasteiger partial charge < -0.3 is 15.0 Å². The molecule has 140 valence electrons. The molecule has 0 aliphatic rings. The van der Waals surface area contributed by atoms with Gasteiger partial charge in [-0.3, -0.25) is 4.79 Å². The van der Waals surface area contributed by atoms with Crippen molar-refractivity contribution in [3.63, 3.8) is 0 Å². The summed E-state index contributed by atoms with van der Waals surface area (Å²) in [4.78, 5) is 19.1. The maximum absolute atomic E-state index is 12.7. The van der Waals surface area contributed by atoms with Gasteiger partial charge in [-0.1, -0.05) is 36.4 Å². The number of amides is 1. The van der Waals surface area contributed by atoms with Gasteiger partial charge in [-0.2, -0.15) is 0 Å². The highest BCUT2D eigenvalue weighted by Gasteiger charge is 2.16. The van der Waals surface area contributed by atoms with E-state index >= 15 is 0 Å². The minimum absolute atomic E-state index is 0. The lowest BCUT2D eigenvalue weighted by Crippen LogP contribution is -2.33. The van der Waals surface area contributed by atoms with Gasteiger partial charge in [0.1, 0.15) is 5.65 Å². The molecule has 0 bridgehead atoms. The van der Waals surface area contributed by atoms with Crippen molar-refractivity contribution in [3.05, 3.63) is 72.2 Å². The molecule has 7 heteroatoms. The molecule has 0 saturated carbocycles. The lowest BCUT2D eigenvalue weighted by atomic mass is 10.2. The first-order chi connectivity index (χ1) is 11.8. The lowest BCUT2D eigenvalue weighted by molar-refractivity contribution is -0.131. The average Bonchev–Trinajstić information content (AvgIpc) is 3.01. The van der Waals surface area contributed by atoms with Crippen molar-refractivity contribution in [3.8, 4) is 0 Å². The molecule has 1 aromatic carbocycles. The summed E-state index contributed by atoms with van der Waals surface area (Å²) in [5.41, 5.74) is 8.39. The molecule has 26 heavy (non-hydrogen) atoms. The highest BCUT2D eigenvalue weighted by atomic mass is 35.5. The second kappa shape index (κ2) is 10.8. The van der Waals surface area contributed by atoms with Crippen LogP contribution in [0, 0.1) is 0 Å². The van der Waals surface area contributed by atoms with Gasteiger partial charge >= 0.3 is 0 Å². The van der Waals surface area contributed by atoms with E-state index in [-0.39, 0.29) is 30.7 Å². The molecule has 0 spiro atoms. The first-order valence-electron chi connectivity index (χ1n) is 8.20. The number of hydrogen-bond acceptors (Lipinski definition) is 3. The summed E-state index contributed by atoms with van der Waals surface area (Å²) in [6, 6.07) is 15.9. The highest BCUT2D eigenvalue weighted by Crippen LogP contribution is 2.10. The van der Waals surface area contributed by atoms with Gasteiger partial charge in [0.15, 0.2) is 0 Å². The highest BCUT2D eigenvalue weighted by molar-refractivity contribution is 5.85. The van der Waals surface area contributed by atoms with Crippen LogP contribution in [0.1, 0.15) is 17.7 Å². The number of imidazole rings is 1. The number of carbonyl (C=O) groups excluding carboxylic acids is 1. The molecule has 2 heterocycles.